The monoisotopic (exact) mass is 315 g/mol. The SMILES string of the molecule is CCOc1ccc(S(=O)(=O)NC(C)CC(C)C)cc1CO. The van der Waals surface area contributed by atoms with Crippen LogP contribution in [-0.4, -0.2) is 26.2 Å². The molecule has 0 bridgehead atoms. The van der Waals surface area contributed by atoms with E-state index in [2.05, 4.69) is 4.72 Å². The molecule has 0 saturated carbocycles. The van der Waals surface area contributed by atoms with Crippen molar-refractivity contribution >= 4 is 10.0 Å². The lowest BCUT2D eigenvalue weighted by Gasteiger charge is -2.17. The van der Waals surface area contributed by atoms with Crippen LogP contribution >= 0.6 is 0 Å². The molecule has 120 valence electrons. The maximum atomic E-state index is 12.3. The molecule has 0 aliphatic heterocycles. The van der Waals surface area contributed by atoms with Crippen molar-refractivity contribution in [1.82, 2.24) is 4.72 Å². The Morgan fingerprint density at radius 3 is 2.48 bits per heavy atom. The summed E-state index contributed by atoms with van der Waals surface area (Å²) >= 11 is 0. The number of benzene rings is 1. The molecule has 0 saturated heterocycles. The molecule has 6 heteroatoms. The minimum Gasteiger partial charge on any atom is -0.494 e. The number of sulfonamides is 1. The largest absolute Gasteiger partial charge is 0.494 e. The fraction of sp³-hybridized carbons (Fsp3) is 0.600. The van der Waals surface area contributed by atoms with E-state index in [0.717, 1.165) is 6.42 Å². The predicted molar refractivity (Wildman–Crippen MR) is 82.8 cm³/mol. The van der Waals surface area contributed by atoms with Crippen molar-refractivity contribution in [3.05, 3.63) is 23.8 Å². The van der Waals surface area contributed by atoms with Gasteiger partial charge in [0.25, 0.3) is 0 Å². The quantitative estimate of drug-likeness (QED) is 0.772. The molecule has 0 fully saturated rings. The second-order valence-electron chi connectivity index (χ2n) is 5.51. The lowest BCUT2D eigenvalue weighted by Crippen LogP contribution is -2.33. The first-order valence-electron chi connectivity index (χ1n) is 7.19. The molecule has 1 unspecified atom stereocenters. The molecular formula is C15H25NO4S. The lowest BCUT2D eigenvalue weighted by atomic mass is 10.1. The fourth-order valence-corrected chi connectivity index (χ4v) is 3.54. The Kier molecular flexibility index (Phi) is 6.64. The number of ether oxygens (including phenoxy) is 1. The van der Waals surface area contributed by atoms with Crippen LogP contribution in [0.2, 0.25) is 0 Å². The highest BCUT2D eigenvalue weighted by Gasteiger charge is 2.19. The fourth-order valence-electron chi connectivity index (χ4n) is 2.23. The Morgan fingerprint density at radius 1 is 1.29 bits per heavy atom. The molecule has 1 rings (SSSR count). The van der Waals surface area contributed by atoms with Crippen molar-refractivity contribution in [3.8, 4) is 5.75 Å². The Labute approximate surface area is 127 Å². The number of rotatable bonds is 8. The summed E-state index contributed by atoms with van der Waals surface area (Å²) in [6, 6.07) is 4.39. The number of aliphatic hydroxyl groups is 1. The maximum Gasteiger partial charge on any atom is 0.240 e. The van der Waals surface area contributed by atoms with Gasteiger partial charge in [-0.1, -0.05) is 13.8 Å². The van der Waals surface area contributed by atoms with Gasteiger partial charge in [-0.15, -0.1) is 0 Å². The topological polar surface area (TPSA) is 75.6 Å². The summed E-state index contributed by atoms with van der Waals surface area (Å²) in [5.41, 5.74) is 0.469. The van der Waals surface area contributed by atoms with Crippen LogP contribution < -0.4 is 9.46 Å². The summed E-state index contributed by atoms with van der Waals surface area (Å²) in [4.78, 5) is 0.144. The first-order chi connectivity index (χ1) is 9.80. The summed E-state index contributed by atoms with van der Waals surface area (Å²) in [5.74, 6) is 0.921. The lowest BCUT2D eigenvalue weighted by molar-refractivity contribution is 0.266. The van der Waals surface area contributed by atoms with Crippen LogP contribution in [0.5, 0.6) is 5.75 Å². The van der Waals surface area contributed by atoms with E-state index in [1.54, 1.807) is 6.07 Å². The summed E-state index contributed by atoms with van der Waals surface area (Å²) in [6.07, 6.45) is 0.767. The van der Waals surface area contributed by atoms with Crippen molar-refractivity contribution in [3.63, 3.8) is 0 Å². The standard InChI is InChI=1S/C15H25NO4S/c1-5-20-15-7-6-14(9-13(15)10-17)21(18,19)16-12(4)8-11(2)3/h6-7,9,11-12,16-17H,5,8,10H2,1-4H3. The number of hydrogen-bond acceptors (Lipinski definition) is 4. The molecule has 0 aromatic heterocycles. The summed E-state index contributed by atoms with van der Waals surface area (Å²) in [5, 5.41) is 9.34. The molecule has 0 heterocycles. The molecular weight excluding hydrogens is 290 g/mol. The molecule has 5 nitrogen and oxygen atoms in total. The zero-order chi connectivity index (χ0) is 16.0. The molecule has 1 aromatic rings. The van der Waals surface area contributed by atoms with Gasteiger partial charge in [-0.05, 0) is 44.4 Å². The Morgan fingerprint density at radius 2 is 1.95 bits per heavy atom. The minimum absolute atomic E-state index is 0.140. The summed E-state index contributed by atoms with van der Waals surface area (Å²) < 4.78 is 32.7. The Hall–Kier alpha value is -1.11. The molecule has 0 amide bonds. The Balaban J connectivity index is 2.98. The van der Waals surface area contributed by atoms with E-state index < -0.39 is 10.0 Å². The van der Waals surface area contributed by atoms with E-state index in [9.17, 15) is 13.5 Å². The maximum absolute atomic E-state index is 12.3. The van der Waals surface area contributed by atoms with Crippen molar-refractivity contribution in [2.24, 2.45) is 5.92 Å². The van der Waals surface area contributed by atoms with Gasteiger partial charge in [-0.25, -0.2) is 13.1 Å². The van der Waals surface area contributed by atoms with Gasteiger partial charge in [0, 0.05) is 11.6 Å². The predicted octanol–water partition coefficient (Wildman–Crippen LogP) is 2.29. The van der Waals surface area contributed by atoms with Gasteiger partial charge in [0.2, 0.25) is 10.0 Å². The third kappa shape index (κ3) is 5.30. The third-order valence-corrected chi connectivity index (χ3v) is 4.58. The zero-order valence-corrected chi connectivity index (χ0v) is 13.9. The van der Waals surface area contributed by atoms with E-state index in [0.29, 0.717) is 23.8 Å². The Bertz CT molecular complexity index is 555. The van der Waals surface area contributed by atoms with Gasteiger partial charge in [0.15, 0.2) is 0 Å². The van der Waals surface area contributed by atoms with E-state index in [4.69, 9.17) is 4.74 Å². The van der Waals surface area contributed by atoms with Crippen LogP contribution in [0.4, 0.5) is 0 Å². The first kappa shape index (κ1) is 17.9. The molecule has 2 N–H and O–H groups in total. The van der Waals surface area contributed by atoms with Gasteiger partial charge in [-0.3, -0.25) is 0 Å². The second-order valence-corrected chi connectivity index (χ2v) is 7.23. The average Bonchev–Trinajstić information content (AvgIpc) is 2.37. The smallest absolute Gasteiger partial charge is 0.240 e. The molecule has 1 aromatic carbocycles. The molecule has 21 heavy (non-hydrogen) atoms. The number of nitrogens with one attached hydrogen (secondary N) is 1. The van der Waals surface area contributed by atoms with E-state index in [1.165, 1.54) is 12.1 Å². The average molecular weight is 315 g/mol. The van der Waals surface area contributed by atoms with Crippen LogP contribution in [0.3, 0.4) is 0 Å². The van der Waals surface area contributed by atoms with Crippen LogP contribution in [0.1, 0.15) is 39.7 Å². The highest BCUT2D eigenvalue weighted by Crippen LogP contribution is 2.23. The summed E-state index contributed by atoms with van der Waals surface area (Å²) in [6.45, 7) is 7.97. The number of aliphatic hydroxyl groups excluding tert-OH is 1. The molecule has 0 radical (unpaired) electrons. The van der Waals surface area contributed by atoms with E-state index >= 15 is 0 Å². The van der Waals surface area contributed by atoms with Gasteiger partial charge >= 0.3 is 0 Å². The van der Waals surface area contributed by atoms with Gasteiger partial charge < -0.3 is 9.84 Å². The summed E-state index contributed by atoms with van der Waals surface area (Å²) in [7, 11) is -3.59. The van der Waals surface area contributed by atoms with Gasteiger partial charge in [0.1, 0.15) is 5.75 Å². The molecule has 0 aliphatic rings. The van der Waals surface area contributed by atoms with Crippen molar-refractivity contribution in [1.29, 1.82) is 0 Å². The van der Waals surface area contributed by atoms with E-state index in [1.807, 2.05) is 27.7 Å². The molecule has 0 aliphatic carbocycles. The third-order valence-electron chi connectivity index (χ3n) is 2.99. The minimum atomic E-state index is -3.59. The number of hydrogen-bond donors (Lipinski definition) is 2. The van der Waals surface area contributed by atoms with Gasteiger partial charge in [-0.2, -0.15) is 0 Å². The van der Waals surface area contributed by atoms with Crippen LogP contribution in [0.15, 0.2) is 23.1 Å². The molecule has 1 atom stereocenters. The zero-order valence-electron chi connectivity index (χ0n) is 13.1. The normalized spacial score (nSPS) is 13.4. The first-order valence-corrected chi connectivity index (χ1v) is 8.67. The second kappa shape index (κ2) is 7.77. The van der Waals surface area contributed by atoms with Crippen LogP contribution in [0.25, 0.3) is 0 Å². The molecule has 0 spiro atoms. The van der Waals surface area contributed by atoms with E-state index in [-0.39, 0.29) is 17.5 Å². The van der Waals surface area contributed by atoms with Crippen LogP contribution in [0, 0.1) is 5.92 Å². The van der Waals surface area contributed by atoms with Crippen molar-refractivity contribution < 1.29 is 18.3 Å². The van der Waals surface area contributed by atoms with Gasteiger partial charge in [0.05, 0.1) is 18.1 Å². The highest BCUT2D eigenvalue weighted by molar-refractivity contribution is 7.89. The van der Waals surface area contributed by atoms with Crippen molar-refractivity contribution in [2.45, 2.75) is 51.7 Å². The van der Waals surface area contributed by atoms with Crippen molar-refractivity contribution in [2.75, 3.05) is 6.61 Å². The van der Waals surface area contributed by atoms with Crippen LogP contribution in [-0.2, 0) is 16.6 Å². The highest BCUT2D eigenvalue weighted by atomic mass is 32.2.